The number of halogens is 5. The molecule has 126 valence electrons. The summed E-state index contributed by atoms with van der Waals surface area (Å²) in [5, 5.41) is 0. The van der Waals surface area contributed by atoms with Crippen LogP contribution in [-0.2, 0) is 21.9 Å². The number of aromatic nitrogens is 2. The van der Waals surface area contributed by atoms with Gasteiger partial charge in [-0.25, -0.2) is 13.0 Å². The van der Waals surface area contributed by atoms with Crippen LogP contribution in [0.3, 0.4) is 0 Å². The Balaban J connectivity index is 0.00000264. The fourth-order valence-electron chi connectivity index (χ4n) is 1.74. The zero-order valence-electron chi connectivity index (χ0n) is 11.3. The van der Waals surface area contributed by atoms with Gasteiger partial charge in [0, 0.05) is 10.5 Å². The van der Waals surface area contributed by atoms with Gasteiger partial charge in [-0.05, 0) is 28.1 Å². The monoisotopic (exact) mass is 475 g/mol. The van der Waals surface area contributed by atoms with Crippen molar-refractivity contribution in [3.05, 3.63) is 46.7 Å². The lowest BCUT2D eigenvalue weighted by atomic mass is 10.2. The zero-order chi connectivity index (χ0) is 16.5. The maximum atomic E-state index is 12.8. The molecule has 0 atom stereocenters. The van der Waals surface area contributed by atoms with E-state index in [4.69, 9.17) is 5.73 Å². The van der Waals surface area contributed by atoms with E-state index in [0.717, 1.165) is 22.8 Å². The molecule has 1 aromatic carbocycles. The predicted molar refractivity (Wildman–Crippen MR) is 75.2 cm³/mol. The summed E-state index contributed by atoms with van der Waals surface area (Å²) in [6.45, 7) is 0. The highest BCUT2D eigenvalue weighted by Crippen LogP contribution is 2.38. The van der Waals surface area contributed by atoms with Crippen LogP contribution in [0, 0.1) is 0 Å². The van der Waals surface area contributed by atoms with E-state index < -0.39 is 36.8 Å². The van der Waals surface area contributed by atoms with Crippen LogP contribution < -0.4 is 27.3 Å². The van der Waals surface area contributed by atoms with E-state index in [-0.39, 0.29) is 22.9 Å². The molecule has 0 aliphatic carbocycles. The van der Waals surface area contributed by atoms with Crippen molar-refractivity contribution in [1.29, 1.82) is 0 Å². The highest BCUT2D eigenvalue weighted by molar-refractivity contribution is 9.10. The lowest BCUT2D eigenvalue weighted by Crippen LogP contribution is -3.00. The third kappa shape index (κ3) is 4.42. The molecule has 11 heteroatoms. The number of anilines is 1. The lowest BCUT2D eigenvalue weighted by Gasteiger charge is -2.13. The van der Waals surface area contributed by atoms with Crippen LogP contribution in [0.5, 0.6) is 0 Å². The highest BCUT2D eigenvalue weighted by Gasteiger charge is 2.35. The van der Waals surface area contributed by atoms with Crippen molar-refractivity contribution in [2.75, 3.05) is 5.73 Å². The Morgan fingerprint density at radius 3 is 2.48 bits per heavy atom. The van der Waals surface area contributed by atoms with Gasteiger partial charge in [-0.1, -0.05) is 11.1 Å². The van der Waals surface area contributed by atoms with Gasteiger partial charge in [0.1, 0.15) is 6.20 Å². The average molecular weight is 477 g/mol. The van der Waals surface area contributed by atoms with Crippen molar-refractivity contribution in [2.24, 2.45) is 0 Å². The maximum absolute atomic E-state index is 12.8. The van der Waals surface area contributed by atoms with Crippen molar-refractivity contribution < 1.29 is 43.1 Å². The second-order valence-electron chi connectivity index (χ2n) is 4.31. The minimum atomic E-state index is -4.66. The summed E-state index contributed by atoms with van der Waals surface area (Å²) in [4.78, 5) is 3.26. The summed E-state index contributed by atoms with van der Waals surface area (Å²) in [5.41, 5.74) is 4.48. The van der Waals surface area contributed by atoms with Crippen LogP contribution in [0.4, 0.5) is 19.1 Å². The molecule has 0 aliphatic rings. The van der Waals surface area contributed by atoms with E-state index in [2.05, 4.69) is 20.9 Å². The Hall–Kier alpha value is -1.20. The molecule has 1 aromatic heterocycles. The van der Waals surface area contributed by atoms with Crippen LogP contribution >= 0.6 is 15.9 Å². The number of nitrogens with zero attached hydrogens (tertiary/aromatic N) is 2. The van der Waals surface area contributed by atoms with Gasteiger partial charge in [0.05, 0.1) is 16.7 Å². The molecule has 0 unspecified atom stereocenters. The van der Waals surface area contributed by atoms with Crippen molar-refractivity contribution in [3.63, 3.8) is 0 Å². The normalized spacial score (nSPS) is 11.8. The summed E-state index contributed by atoms with van der Waals surface area (Å²) in [6.07, 6.45) is -1.91. The second-order valence-corrected chi connectivity index (χ2v) is 7.03. The standard InChI is InChI=1S/C12H9BrF3N3O2S.BrH/c13-10-8(12(14,15)16)3-1-4-9(10)22(20,21)7-19-6-2-5-18-11(19)17;/h1-6,17H,7H2;1H. The Labute approximate surface area is 149 Å². The minimum absolute atomic E-state index is 0. The Kier molecular flexibility index (Phi) is 6.16. The number of benzene rings is 1. The molecule has 0 amide bonds. The third-order valence-electron chi connectivity index (χ3n) is 2.77. The quantitative estimate of drug-likeness (QED) is 0.586. The van der Waals surface area contributed by atoms with Gasteiger partial charge >= 0.3 is 12.1 Å². The van der Waals surface area contributed by atoms with E-state index in [0.29, 0.717) is 0 Å². The van der Waals surface area contributed by atoms with Gasteiger partial charge < -0.3 is 17.0 Å². The molecule has 1 heterocycles. The summed E-state index contributed by atoms with van der Waals surface area (Å²) in [6, 6.07) is 4.40. The van der Waals surface area contributed by atoms with Gasteiger partial charge in [0.2, 0.25) is 9.84 Å². The number of rotatable bonds is 3. The number of alkyl halides is 3. The molecule has 0 aliphatic heterocycles. The first-order valence-electron chi connectivity index (χ1n) is 5.81. The summed E-state index contributed by atoms with van der Waals surface area (Å²) in [7, 11) is -4.05. The molecule has 0 spiro atoms. The molecule has 5 nitrogen and oxygen atoms in total. The number of hydrogen-bond acceptors (Lipinski definition) is 4. The van der Waals surface area contributed by atoms with E-state index in [9.17, 15) is 21.6 Å². The summed E-state index contributed by atoms with van der Waals surface area (Å²) < 4.78 is 63.9. The molecule has 2 rings (SSSR count). The first-order valence-corrected chi connectivity index (χ1v) is 8.26. The second kappa shape index (κ2) is 7.14. The van der Waals surface area contributed by atoms with Crippen molar-refractivity contribution in [2.45, 2.75) is 16.9 Å². The van der Waals surface area contributed by atoms with Crippen molar-refractivity contribution in [1.82, 2.24) is 4.98 Å². The number of nitrogens with two attached hydrogens (primary N) is 1. The lowest BCUT2D eigenvalue weighted by molar-refractivity contribution is -0.665. The van der Waals surface area contributed by atoms with E-state index in [1.807, 2.05) is 0 Å². The molecule has 0 saturated heterocycles. The van der Waals surface area contributed by atoms with Gasteiger partial charge in [-0.15, -0.1) is 0 Å². The molecular weight excluding hydrogens is 467 g/mol. The summed E-state index contributed by atoms with van der Waals surface area (Å²) in [5.74, 6) is -0.679. The van der Waals surface area contributed by atoms with Crippen molar-refractivity contribution in [3.8, 4) is 0 Å². The molecule has 0 bridgehead atoms. The van der Waals surface area contributed by atoms with Crippen molar-refractivity contribution >= 4 is 31.7 Å². The average Bonchev–Trinajstić information content (AvgIpc) is 2.40. The Bertz CT molecular complexity index is 813. The molecule has 2 aromatic rings. The maximum Gasteiger partial charge on any atom is 0.417 e. The fourth-order valence-corrected chi connectivity index (χ4v) is 4.37. The largest absolute Gasteiger partial charge is 1.00 e. The third-order valence-corrected chi connectivity index (χ3v) is 5.51. The van der Waals surface area contributed by atoms with Gasteiger partial charge in [-0.3, -0.25) is 5.73 Å². The van der Waals surface area contributed by atoms with E-state index >= 15 is 0 Å². The van der Waals surface area contributed by atoms with Gasteiger partial charge in [0.25, 0.3) is 0 Å². The molecule has 23 heavy (non-hydrogen) atoms. The van der Waals surface area contributed by atoms with Crippen LogP contribution in [0.2, 0.25) is 0 Å². The van der Waals surface area contributed by atoms with E-state index in [1.54, 1.807) is 0 Å². The van der Waals surface area contributed by atoms with Crippen LogP contribution in [-0.4, -0.2) is 13.4 Å². The minimum Gasteiger partial charge on any atom is -1.00 e. The Morgan fingerprint density at radius 2 is 1.91 bits per heavy atom. The van der Waals surface area contributed by atoms with Crippen LogP contribution in [0.25, 0.3) is 0 Å². The van der Waals surface area contributed by atoms with Gasteiger partial charge in [0.15, 0.2) is 5.88 Å². The molecule has 0 saturated carbocycles. The fraction of sp³-hybridized carbons (Fsp3) is 0.167. The van der Waals surface area contributed by atoms with Crippen LogP contribution in [0.1, 0.15) is 5.56 Å². The first-order chi connectivity index (χ1) is 10.1. The number of nitrogen functional groups attached to an aromatic ring is 1. The number of sulfone groups is 1. The zero-order valence-corrected chi connectivity index (χ0v) is 15.2. The Morgan fingerprint density at radius 1 is 1.26 bits per heavy atom. The smallest absolute Gasteiger partial charge is 0.417 e. The van der Waals surface area contributed by atoms with E-state index in [1.165, 1.54) is 18.5 Å². The number of hydrogen-bond donors (Lipinski definition) is 1. The molecular formula is C12H10Br2F3N3O2S. The van der Waals surface area contributed by atoms with Crippen LogP contribution in [0.15, 0.2) is 46.0 Å². The molecule has 0 fully saturated rings. The first kappa shape index (κ1) is 19.8. The SMILES string of the molecule is Nc1nccc[n+]1CS(=O)(=O)c1cccc(C(F)(F)F)c1Br.[Br-]. The van der Waals surface area contributed by atoms with Gasteiger partial charge in [-0.2, -0.15) is 13.2 Å². The topological polar surface area (TPSA) is 76.9 Å². The highest BCUT2D eigenvalue weighted by atomic mass is 79.9. The molecule has 0 radical (unpaired) electrons. The summed E-state index contributed by atoms with van der Waals surface area (Å²) >= 11 is 2.73. The predicted octanol–water partition coefficient (Wildman–Crippen LogP) is -0.832. The molecule has 2 N–H and O–H groups in total.